The zero-order chi connectivity index (χ0) is 16.8. The van der Waals surface area contributed by atoms with E-state index >= 15 is 0 Å². The highest BCUT2D eigenvalue weighted by Crippen LogP contribution is 2.37. The van der Waals surface area contributed by atoms with E-state index in [1.807, 2.05) is 58.0 Å². The predicted molar refractivity (Wildman–Crippen MR) is 91.0 cm³/mol. The third kappa shape index (κ3) is 2.64. The number of esters is 1. The lowest BCUT2D eigenvalue weighted by Crippen LogP contribution is -2.41. The van der Waals surface area contributed by atoms with Gasteiger partial charge in [-0.1, -0.05) is 24.3 Å². The van der Waals surface area contributed by atoms with E-state index in [1.54, 1.807) is 6.07 Å². The first-order chi connectivity index (χ1) is 10.7. The highest BCUT2D eigenvalue weighted by atomic mass is 16.7. The number of fused-ring (bicyclic) bond motifs is 1. The van der Waals surface area contributed by atoms with E-state index in [0.717, 1.165) is 16.2 Å². The van der Waals surface area contributed by atoms with Crippen LogP contribution in [-0.4, -0.2) is 31.4 Å². The van der Waals surface area contributed by atoms with Crippen molar-refractivity contribution in [2.24, 2.45) is 0 Å². The molecule has 1 heterocycles. The van der Waals surface area contributed by atoms with E-state index in [0.29, 0.717) is 5.56 Å². The number of ether oxygens (including phenoxy) is 1. The summed E-state index contributed by atoms with van der Waals surface area (Å²) in [5.41, 5.74) is 0.737. The summed E-state index contributed by atoms with van der Waals surface area (Å²) in [5.74, 6) is -0.340. The third-order valence-electron chi connectivity index (χ3n) is 4.84. The molecule has 120 valence electrons. The molecule has 4 nitrogen and oxygen atoms in total. The second-order valence-corrected chi connectivity index (χ2v) is 6.86. The van der Waals surface area contributed by atoms with E-state index in [4.69, 9.17) is 14.0 Å². The van der Waals surface area contributed by atoms with Gasteiger partial charge in [-0.25, -0.2) is 4.79 Å². The van der Waals surface area contributed by atoms with Gasteiger partial charge in [0.25, 0.3) is 0 Å². The van der Waals surface area contributed by atoms with E-state index in [2.05, 4.69) is 0 Å². The Hall–Kier alpha value is -1.85. The number of carbonyl (C=O) groups excluding carboxylic acids is 1. The summed E-state index contributed by atoms with van der Waals surface area (Å²) in [5, 5.41) is 1.97. The molecule has 0 amide bonds. The monoisotopic (exact) mass is 312 g/mol. The summed E-state index contributed by atoms with van der Waals surface area (Å²) in [4.78, 5) is 11.7. The molecule has 0 atom stereocenters. The molecule has 23 heavy (non-hydrogen) atoms. The first-order valence-electron chi connectivity index (χ1n) is 7.72. The van der Waals surface area contributed by atoms with E-state index in [1.165, 1.54) is 7.11 Å². The van der Waals surface area contributed by atoms with Crippen molar-refractivity contribution in [3.05, 3.63) is 42.0 Å². The number of rotatable bonds is 2. The maximum absolute atomic E-state index is 11.7. The molecule has 0 aliphatic carbocycles. The summed E-state index contributed by atoms with van der Waals surface area (Å²) in [6.45, 7) is 8.14. The summed E-state index contributed by atoms with van der Waals surface area (Å²) in [6, 6.07) is 11.4. The minimum absolute atomic E-state index is 0.340. The first kappa shape index (κ1) is 16.0. The number of benzene rings is 2. The van der Waals surface area contributed by atoms with Gasteiger partial charge in [0.05, 0.1) is 23.9 Å². The molecule has 0 N–H and O–H groups in total. The Balaban J connectivity index is 2.05. The van der Waals surface area contributed by atoms with Crippen LogP contribution in [0.25, 0.3) is 10.8 Å². The average molecular weight is 312 g/mol. The zero-order valence-electron chi connectivity index (χ0n) is 14.2. The molecular weight excluding hydrogens is 291 g/mol. The van der Waals surface area contributed by atoms with Gasteiger partial charge in [0.15, 0.2) is 0 Å². The summed E-state index contributed by atoms with van der Waals surface area (Å²) in [7, 11) is 0.959. The number of hydrogen-bond donors (Lipinski definition) is 0. The van der Waals surface area contributed by atoms with Gasteiger partial charge in [0.1, 0.15) is 0 Å². The van der Waals surface area contributed by atoms with Crippen LogP contribution in [0, 0.1) is 0 Å². The van der Waals surface area contributed by atoms with Crippen molar-refractivity contribution in [3.63, 3.8) is 0 Å². The van der Waals surface area contributed by atoms with Crippen LogP contribution < -0.4 is 5.46 Å². The van der Waals surface area contributed by atoms with Crippen molar-refractivity contribution < 1.29 is 18.8 Å². The van der Waals surface area contributed by atoms with E-state index in [-0.39, 0.29) is 17.2 Å². The van der Waals surface area contributed by atoms with Gasteiger partial charge in [0.2, 0.25) is 0 Å². The minimum Gasteiger partial charge on any atom is -0.465 e. The Bertz CT molecular complexity index is 751. The van der Waals surface area contributed by atoms with E-state index < -0.39 is 7.12 Å². The molecule has 0 spiro atoms. The second kappa shape index (κ2) is 5.36. The molecule has 5 heteroatoms. The Kier molecular flexibility index (Phi) is 3.73. The van der Waals surface area contributed by atoms with Gasteiger partial charge >= 0.3 is 13.1 Å². The molecule has 0 saturated carbocycles. The normalized spacial score (nSPS) is 19.1. The second-order valence-electron chi connectivity index (χ2n) is 6.86. The highest BCUT2D eigenvalue weighted by molar-refractivity contribution is 6.65. The first-order valence-corrected chi connectivity index (χ1v) is 7.72. The summed E-state index contributed by atoms with van der Waals surface area (Å²) < 4.78 is 17.1. The van der Waals surface area contributed by atoms with Crippen LogP contribution in [-0.2, 0) is 14.0 Å². The van der Waals surface area contributed by atoms with Crippen LogP contribution in [0.1, 0.15) is 38.1 Å². The summed E-state index contributed by atoms with van der Waals surface area (Å²) in [6.07, 6.45) is 0. The van der Waals surface area contributed by atoms with Gasteiger partial charge in [-0.05, 0) is 56.1 Å². The van der Waals surface area contributed by atoms with Crippen molar-refractivity contribution in [3.8, 4) is 0 Å². The topological polar surface area (TPSA) is 44.8 Å². The quantitative estimate of drug-likeness (QED) is 0.632. The predicted octanol–water partition coefficient (Wildman–Crippen LogP) is 2.93. The minimum atomic E-state index is -0.423. The maximum atomic E-state index is 11.7. The maximum Gasteiger partial charge on any atom is 0.495 e. The van der Waals surface area contributed by atoms with E-state index in [9.17, 15) is 4.79 Å². The molecular formula is C18H21BO4. The van der Waals surface area contributed by atoms with Crippen molar-refractivity contribution in [1.82, 2.24) is 0 Å². The molecule has 3 rings (SSSR count). The standard InChI is InChI=1S/C18H21BO4/c1-17(2)18(3,4)23-19(22-17)15-8-6-7-12-11-13(16(20)21-5)9-10-14(12)15/h6-11H,1-5H3. The molecule has 2 aromatic carbocycles. The molecule has 2 aromatic rings. The lowest BCUT2D eigenvalue weighted by Gasteiger charge is -2.32. The number of carbonyl (C=O) groups is 1. The molecule has 1 aliphatic heterocycles. The van der Waals surface area contributed by atoms with Crippen molar-refractivity contribution >= 4 is 29.3 Å². The molecule has 0 unspecified atom stereocenters. The van der Waals surface area contributed by atoms with Crippen LogP contribution in [0.4, 0.5) is 0 Å². The van der Waals surface area contributed by atoms with Crippen LogP contribution in [0.15, 0.2) is 36.4 Å². The van der Waals surface area contributed by atoms with Gasteiger partial charge in [-0.2, -0.15) is 0 Å². The fourth-order valence-electron chi connectivity index (χ4n) is 2.73. The SMILES string of the molecule is COC(=O)c1ccc2c(B3OC(C)(C)C(C)(C)O3)cccc2c1. The van der Waals surface area contributed by atoms with Crippen LogP contribution >= 0.6 is 0 Å². The Morgan fingerprint density at radius 3 is 2.30 bits per heavy atom. The van der Waals surface area contributed by atoms with Crippen molar-refractivity contribution in [2.75, 3.05) is 7.11 Å². The van der Waals surface area contributed by atoms with Gasteiger partial charge < -0.3 is 14.0 Å². The third-order valence-corrected chi connectivity index (χ3v) is 4.84. The molecule has 0 aromatic heterocycles. The Morgan fingerprint density at radius 2 is 1.70 bits per heavy atom. The van der Waals surface area contributed by atoms with Crippen molar-refractivity contribution in [2.45, 2.75) is 38.9 Å². The average Bonchev–Trinajstić information content (AvgIpc) is 2.73. The van der Waals surface area contributed by atoms with Crippen LogP contribution in [0.2, 0.25) is 0 Å². The van der Waals surface area contributed by atoms with Crippen LogP contribution in [0.5, 0.6) is 0 Å². The Morgan fingerprint density at radius 1 is 1.04 bits per heavy atom. The molecule has 1 aliphatic rings. The molecule has 0 radical (unpaired) electrons. The smallest absolute Gasteiger partial charge is 0.465 e. The number of methoxy groups -OCH3 is 1. The fourth-order valence-corrected chi connectivity index (χ4v) is 2.73. The fraction of sp³-hybridized carbons (Fsp3) is 0.389. The summed E-state index contributed by atoms with van der Waals surface area (Å²) >= 11 is 0. The molecule has 0 bridgehead atoms. The van der Waals surface area contributed by atoms with Crippen LogP contribution in [0.3, 0.4) is 0 Å². The molecule has 1 saturated heterocycles. The van der Waals surface area contributed by atoms with Gasteiger partial charge in [0, 0.05) is 0 Å². The van der Waals surface area contributed by atoms with Gasteiger partial charge in [-0.15, -0.1) is 0 Å². The van der Waals surface area contributed by atoms with Crippen molar-refractivity contribution in [1.29, 1.82) is 0 Å². The Labute approximate surface area is 136 Å². The highest BCUT2D eigenvalue weighted by Gasteiger charge is 2.52. The lowest BCUT2D eigenvalue weighted by molar-refractivity contribution is 0.00578. The van der Waals surface area contributed by atoms with Gasteiger partial charge in [-0.3, -0.25) is 0 Å². The number of hydrogen-bond acceptors (Lipinski definition) is 4. The lowest BCUT2D eigenvalue weighted by atomic mass is 9.76. The zero-order valence-corrected chi connectivity index (χ0v) is 14.2. The molecule has 1 fully saturated rings. The largest absolute Gasteiger partial charge is 0.495 e.